The van der Waals surface area contributed by atoms with Crippen molar-refractivity contribution in [2.45, 2.75) is 235 Å². The third kappa shape index (κ3) is 11.7. The number of amides is 1. The fourth-order valence-electron chi connectivity index (χ4n) is 11.5. The number of nitrogens with zero attached hydrogens (tertiary/aromatic N) is 1. The highest BCUT2D eigenvalue weighted by Gasteiger charge is 2.67. The lowest BCUT2D eigenvalue weighted by atomic mass is 9.79. The first-order valence-corrected chi connectivity index (χ1v) is 24.5. The van der Waals surface area contributed by atoms with Crippen LogP contribution in [0.5, 0.6) is 0 Å². The third-order valence-corrected chi connectivity index (χ3v) is 14.6. The van der Waals surface area contributed by atoms with Gasteiger partial charge in [0.05, 0.1) is 24.9 Å². The molecule has 6 heterocycles. The summed E-state index contributed by atoms with van der Waals surface area (Å²) in [7, 11) is 0. The zero-order valence-corrected chi connectivity index (χ0v) is 37.2. The molecular formula is C46H83N6O8+. The molecule has 6 aliphatic heterocycles. The van der Waals surface area contributed by atoms with Crippen LogP contribution in [0.1, 0.15) is 174 Å². The number of quaternary nitrogens is 1. The van der Waals surface area contributed by atoms with Crippen LogP contribution in [0.25, 0.3) is 0 Å². The van der Waals surface area contributed by atoms with Gasteiger partial charge in [-0.25, -0.2) is 10.6 Å². The molecule has 0 aromatic heterocycles. The van der Waals surface area contributed by atoms with Crippen LogP contribution in [-0.4, -0.2) is 113 Å². The van der Waals surface area contributed by atoms with E-state index in [4.69, 9.17) is 30.4 Å². The van der Waals surface area contributed by atoms with E-state index in [-0.39, 0.29) is 67.6 Å². The highest BCUT2D eigenvalue weighted by molar-refractivity contribution is 5.82. The zero-order valence-electron chi connectivity index (χ0n) is 37.2. The number of carbonyl (C=O) groups is 2. The Morgan fingerprint density at radius 2 is 1.62 bits per heavy atom. The van der Waals surface area contributed by atoms with E-state index in [1.807, 2.05) is 0 Å². The Morgan fingerprint density at radius 3 is 2.28 bits per heavy atom. The summed E-state index contributed by atoms with van der Waals surface area (Å²) in [6, 6.07) is 0.609. The summed E-state index contributed by atoms with van der Waals surface area (Å²) in [5, 5.41) is 29.4. The number of aliphatic hydroxyl groups excluding tert-OH is 1. The van der Waals surface area contributed by atoms with E-state index < -0.39 is 23.8 Å². The first kappa shape index (κ1) is 47.8. The maximum absolute atomic E-state index is 14.1. The average Bonchev–Trinajstić information content (AvgIpc) is 3.53. The molecule has 0 radical (unpaired) electrons. The quantitative estimate of drug-likeness (QED) is 0.0445. The molecule has 14 nitrogen and oxygen atoms in total. The summed E-state index contributed by atoms with van der Waals surface area (Å²) >= 11 is 0. The van der Waals surface area contributed by atoms with Gasteiger partial charge in [-0.05, 0) is 77.8 Å². The van der Waals surface area contributed by atoms with Gasteiger partial charge in [-0.2, -0.15) is 0 Å². The number of nitrogens with one attached hydrogen (secondary N) is 3. The molecule has 0 aromatic carbocycles. The molecule has 9 N–H and O–H groups in total. The second kappa shape index (κ2) is 22.8. The minimum absolute atomic E-state index is 0.0165. The Labute approximate surface area is 360 Å². The molecule has 12 atom stereocenters. The van der Waals surface area contributed by atoms with E-state index in [9.17, 15) is 19.8 Å². The Hall–Kier alpha value is -1.72. The number of aliphatic hydroxyl groups is 2. The molecule has 5 saturated heterocycles. The van der Waals surface area contributed by atoms with Crippen LogP contribution >= 0.6 is 0 Å². The highest BCUT2D eigenvalue weighted by Crippen LogP contribution is 2.42. The Kier molecular flexibility index (Phi) is 18.1. The number of morpholine rings is 1. The van der Waals surface area contributed by atoms with Crippen LogP contribution in [0.2, 0.25) is 0 Å². The monoisotopic (exact) mass is 848 g/mol. The van der Waals surface area contributed by atoms with Gasteiger partial charge in [0, 0.05) is 32.2 Å². The van der Waals surface area contributed by atoms with Crippen LogP contribution in [0.3, 0.4) is 0 Å². The van der Waals surface area contributed by atoms with Crippen LogP contribution in [0.4, 0.5) is 0 Å². The maximum atomic E-state index is 14.1. The van der Waals surface area contributed by atoms with Gasteiger partial charge in [0.25, 0.3) is 5.91 Å². The summed E-state index contributed by atoms with van der Waals surface area (Å²) in [6.07, 6.45) is 27.2. The highest BCUT2D eigenvalue weighted by atomic mass is 16.7. The van der Waals surface area contributed by atoms with Crippen LogP contribution in [-0.2, 0) is 28.5 Å². The van der Waals surface area contributed by atoms with Crippen LogP contribution < -0.4 is 27.0 Å². The number of hydrogen-bond donors (Lipinski definition) is 7. The van der Waals surface area contributed by atoms with Crippen molar-refractivity contribution >= 4 is 11.9 Å². The lowest BCUT2D eigenvalue weighted by Crippen LogP contribution is -3.29. The van der Waals surface area contributed by atoms with Gasteiger partial charge in [-0.1, -0.05) is 96.1 Å². The molecule has 6 rings (SSSR count). The van der Waals surface area contributed by atoms with Crippen molar-refractivity contribution in [2.75, 3.05) is 26.2 Å². The Morgan fingerprint density at radius 1 is 0.917 bits per heavy atom. The van der Waals surface area contributed by atoms with E-state index in [1.165, 1.54) is 61.2 Å². The topological polar surface area (TPSA) is 195 Å². The standard InChI is InChI=1S/C46H82N6O8/c1-3-36-22-16-17-26-44(59-36)33-35-24-25-37-39(45(27-19-21-34(2)58-45)50-43(49-44)52(35)37)41(54)57-32-18-14-12-10-8-6-4-5-7-9-11-13-15-23-38-40(53)51(31-20-29-47)42(55)46(56,60-38)28-30-48/h16,22,34-39,42-43,49-50,55-56H,3-15,17-21,23-33,47-48H2,1-2H3/p+1/t34-,35+,36+,37-,38-,39-,42-,43?,44+,45-,46+/m0/s1. The first-order chi connectivity index (χ1) is 29.1. The summed E-state index contributed by atoms with van der Waals surface area (Å²) in [5.74, 6) is -2.52. The minimum Gasteiger partial charge on any atom is -0.465 e. The van der Waals surface area contributed by atoms with E-state index >= 15 is 0 Å². The van der Waals surface area contributed by atoms with Crippen molar-refractivity contribution in [1.82, 2.24) is 15.5 Å². The first-order valence-electron chi connectivity index (χ1n) is 24.5. The van der Waals surface area contributed by atoms with Gasteiger partial charge in [0.2, 0.25) is 12.1 Å². The number of esters is 1. The van der Waals surface area contributed by atoms with Gasteiger partial charge in [-0.15, -0.1) is 0 Å². The summed E-state index contributed by atoms with van der Waals surface area (Å²) in [6.45, 7) is 5.64. The van der Waals surface area contributed by atoms with Gasteiger partial charge in [0.15, 0.2) is 12.1 Å². The summed E-state index contributed by atoms with van der Waals surface area (Å²) in [4.78, 5) is 29.9. The number of hydrogen-bond acceptors (Lipinski definition) is 12. The fraction of sp³-hybridized carbons (Fsp3) is 0.913. The van der Waals surface area contributed by atoms with E-state index in [0.29, 0.717) is 32.0 Å². The normalized spacial score (nSPS) is 37.7. The van der Waals surface area contributed by atoms with Crippen LogP contribution in [0.15, 0.2) is 12.2 Å². The van der Waals surface area contributed by atoms with Crippen molar-refractivity contribution in [2.24, 2.45) is 17.4 Å². The van der Waals surface area contributed by atoms with Crippen molar-refractivity contribution in [3.05, 3.63) is 12.2 Å². The molecule has 0 bridgehead atoms. The lowest BCUT2D eigenvalue weighted by molar-refractivity contribution is -0.985. The maximum Gasteiger partial charge on any atom is 0.319 e. The molecule has 2 unspecified atom stereocenters. The lowest BCUT2D eigenvalue weighted by Gasteiger charge is -2.58. The molecule has 0 aliphatic carbocycles. The van der Waals surface area contributed by atoms with Gasteiger partial charge in [0.1, 0.15) is 23.6 Å². The number of carbonyl (C=O) groups excluding carboxylic acids is 2. The smallest absolute Gasteiger partial charge is 0.319 e. The number of ether oxygens (including phenoxy) is 4. The molecule has 14 heteroatoms. The summed E-state index contributed by atoms with van der Waals surface area (Å²) < 4.78 is 25.5. The number of rotatable bonds is 23. The molecule has 0 aromatic rings. The van der Waals surface area contributed by atoms with Crippen molar-refractivity contribution < 1.29 is 43.6 Å². The average molecular weight is 848 g/mol. The molecule has 1 amide bonds. The third-order valence-electron chi connectivity index (χ3n) is 14.6. The molecule has 2 spiro atoms. The van der Waals surface area contributed by atoms with Crippen molar-refractivity contribution in [1.29, 1.82) is 0 Å². The second-order valence-corrected chi connectivity index (χ2v) is 19.1. The Balaban J connectivity index is 0.829. The van der Waals surface area contributed by atoms with E-state index in [0.717, 1.165) is 89.9 Å². The molecule has 344 valence electrons. The van der Waals surface area contributed by atoms with Gasteiger partial charge in [-0.3, -0.25) is 9.59 Å². The minimum atomic E-state index is -1.85. The Bertz CT molecular complexity index is 1380. The zero-order chi connectivity index (χ0) is 42.6. The predicted molar refractivity (Wildman–Crippen MR) is 230 cm³/mol. The van der Waals surface area contributed by atoms with E-state index in [1.54, 1.807) is 0 Å². The molecular weight excluding hydrogens is 765 g/mol. The SMILES string of the molecule is CC[C@@H]1C=CCC[C@]2(C[C@H]3CC[C@H]4[C@@H](C(=O)OCCCCCCCCCCCCCCC[C@@H]5O[C@](O)(CCN)[C@H](O)N(CCCN)C5=O)[C@@]5(CCC[C@H](C)O5)NC(N2)[NH+]34)O1. The summed E-state index contributed by atoms with van der Waals surface area (Å²) in [5.41, 5.74) is 10.2. The van der Waals surface area contributed by atoms with Crippen molar-refractivity contribution in [3.63, 3.8) is 0 Å². The molecule has 0 saturated carbocycles. The predicted octanol–water partition coefficient (Wildman–Crippen LogP) is 3.96. The molecule has 5 fully saturated rings. The van der Waals surface area contributed by atoms with Crippen molar-refractivity contribution in [3.8, 4) is 0 Å². The van der Waals surface area contributed by atoms with Crippen LogP contribution in [0, 0.1) is 5.92 Å². The second-order valence-electron chi connectivity index (χ2n) is 19.1. The molecule has 60 heavy (non-hydrogen) atoms. The number of nitrogens with two attached hydrogens (primary N) is 2. The van der Waals surface area contributed by atoms with Gasteiger partial charge >= 0.3 is 5.97 Å². The number of unbranched alkanes of at least 4 members (excludes halogenated alkanes) is 12. The van der Waals surface area contributed by atoms with Gasteiger partial charge < -0.3 is 50.4 Å². The number of allylic oxidation sites excluding steroid dienone is 1. The fourth-order valence-corrected chi connectivity index (χ4v) is 11.5. The largest absolute Gasteiger partial charge is 0.465 e. The van der Waals surface area contributed by atoms with E-state index in [2.05, 4.69) is 36.6 Å². The molecule has 6 aliphatic rings.